The third kappa shape index (κ3) is 5.97. The summed E-state index contributed by atoms with van der Waals surface area (Å²) in [6.07, 6.45) is 4.28. The number of fused-ring (bicyclic) bond motifs is 5. The van der Waals surface area contributed by atoms with Crippen LogP contribution < -0.4 is 0 Å². The molecule has 0 aromatic carbocycles. The number of rotatable bonds is 8. The molecule has 0 heterocycles. The first kappa shape index (κ1) is 32.0. The highest BCUT2D eigenvalue weighted by atomic mass is 16.6. The van der Waals surface area contributed by atoms with E-state index < -0.39 is 53.7 Å². The molecule has 0 bridgehead atoms. The smallest absolute Gasteiger partial charge is 0.303 e. The Kier molecular flexibility index (Phi) is 9.35. The first-order chi connectivity index (χ1) is 19.1. The Bertz CT molecular complexity index is 1040. The van der Waals surface area contributed by atoms with Crippen LogP contribution in [0.4, 0.5) is 0 Å². The van der Waals surface area contributed by atoms with Crippen LogP contribution in [0.15, 0.2) is 11.6 Å². The normalized spacial score (nSPS) is 41.3. The van der Waals surface area contributed by atoms with Crippen LogP contribution in [0.3, 0.4) is 0 Å². The van der Waals surface area contributed by atoms with Crippen molar-refractivity contribution in [1.82, 2.24) is 0 Å². The Labute approximate surface area is 245 Å². The number of carbonyl (C=O) groups is 3. The van der Waals surface area contributed by atoms with Gasteiger partial charge in [-0.25, -0.2) is 0 Å². The van der Waals surface area contributed by atoms with E-state index in [9.17, 15) is 24.6 Å². The van der Waals surface area contributed by atoms with Crippen LogP contribution in [0, 0.1) is 46.3 Å². The van der Waals surface area contributed by atoms with E-state index in [1.807, 2.05) is 6.08 Å². The number of aliphatic hydroxyl groups is 2. The van der Waals surface area contributed by atoms with Crippen molar-refractivity contribution in [3.8, 4) is 0 Å². The molecule has 0 radical (unpaired) electrons. The average molecular weight is 577 g/mol. The van der Waals surface area contributed by atoms with E-state index in [2.05, 4.69) is 34.6 Å². The second kappa shape index (κ2) is 12.0. The lowest BCUT2D eigenvalue weighted by Gasteiger charge is -2.61. The number of hydrogen-bond acceptors (Lipinski definition) is 8. The fraction of sp³-hybridized carbons (Fsp3) is 0.848. The summed E-state index contributed by atoms with van der Waals surface area (Å²) in [6.45, 7) is 14.9. The standard InChI is InChI=1S/C33H52O8/c1-17(2)9-12-25(37)18(3)23-10-11-24-22-15-28(40-20(5)35)30-31(41-21(6)36)27(39-19(4)34)13-14-32(30,7)29(22)26(38)16-33(23,24)8/h15,17-18,23-31,37-38H,9-14,16H2,1-8H3/t18-,23+,24?,25+,26+,27-,28-,29?,30?,31-,32+,33+/m0/s1. The monoisotopic (exact) mass is 576 g/mol. The van der Waals surface area contributed by atoms with E-state index in [4.69, 9.17) is 14.2 Å². The molecule has 4 aliphatic rings. The van der Waals surface area contributed by atoms with Gasteiger partial charge < -0.3 is 24.4 Å². The summed E-state index contributed by atoms with van der Waals surface area (Å²) in [5.74, 6) is -0.968. The molecule has 8 heteroatoms. The van der Waals surface area contributed by atoms with Crippen LogP contribution in [0.5, 0.6) is 0 Å². The molecule has 3 unspecified atom stereocenters. The zero-order valence-corrected chi connectivity index (χ0v) is 26.2. The maximum Gasteiger partial charge on any atom is 0.303 e. The van der Waals surface area contributed by atoms with Gasteiger partial charge in [-0.1, -0.05) is 40.2 Å². The van der Waals surface area contributed by atoms with Gasteiger partial charge in [0.15, 0.2) is 0 Å². The molecular formula is C33H52O8. The number of esters is 3. The molecule has 0 aromatic rings. The number of ether oxygens (including phenoxy) is 3. The van der Waals surface area contributed by atoms with Crippen molar-refractivity contribution in [3.05, 3.63) is 11.6 Å². The third-order valence-corrected chi connectivity index (χ3v) is 11.3. The Morgan fingerprint density at radius 1 is 0.927 bits per heavy atom. The van der Waals surface area contributed by atoms with Crippen LogP contribution in [0.1, 0.15) is 100 Å². The van der Waals surface area contributed by atoms with Crippen LogP contribution >= 0.6 is 0 Å². The van der Waals surface area contributed by atoms with Crippen molar-refractivity contribution in [2.75, 3.05) is 0 Å². The minimum Gasteiger partial charge on any atom is -0.459 e. The van der Waals surface area contributed by atoms with Crippen molar-refractivity contribution >= 4 is 17.9 Å². The van der Waals surface area contributed by atoms with Crippen molar-refractivity contribution in [1.29, 1.82) is 0 Å². The van der Waals surface area contributed by atoms with Crippen LogP contribution in [0.2, 0.25) is 0 Å². The molecule has 3 saturated carbocycles. The van der Waals surface area contributed by atoms with Gasteiger partial charge in [-0.3, -0.25) is 14.4 Å². The molecule has 41 heavy (non-hydrogen) atoms. The highest BCUT2D eigenvalue weighted by Gasteiger charge is 2.66. The van der Waals surface area contributed by atoms with Crippen LogP contribution in [0.25, 0.3) is 0 Å². The predicted molar refractivity (Wildman–Crippen MR) is 153 cm³/mol. The zero-order chi connectivity index (χ0) is 30.4. The summed E-state index contributed by atoms with van der Waals surface area (Å²) in [5, 5.41) is 23.1. The molecule has 8 nitrogen and oxygen atoms in total. The molecule has 4 rings (SSSR count). The maximum absolute atomic E-state index is 12.4. The second-order valence-corrected chi connectivity index (χ2v) is 14.4. The van der Waals surface area contributed by atoms with Gasteiger partial charge in [-0.05, 0) is 85.5 Å². The molecular weight excluding hydrogens is 524 g/mol. The Balaban J connectivity index is 1.74. The minimum atomic E-state index is -0.801. The van der Waals surface area contributed by atoms with Gasteiger partial charge in [0.05, 0.1) is 12.2 Å². The molecule has 0 saturated heterocycles. The molecule has 0 aromatic heterocycles. The zero-order valence-electron chi connectivity index (χ0n) is 26.2. The summed E-state index contributed by atoms with van der Waals surface area (Å²) >= 11 is 0. The van der Waals surface area contributed by atoms with Crippen molar-refractivity contribution in [3.63, 3.8) is 0 Å². The summed E-state index contributed by atoms with van der Waals surface area (Å²) in [7, 11) is 0. The molecule has 4 aliphatic carbocycles. The lowest BCUT2D eigenvalue weighted by molar-refractivity contribution is -0.211. The Morgan fingerprint density at radius 3 is 2.15 bits per heavy atom. The van der Waals surface area contributed by atoms with Gasteiger partial charge in [0.1, 0.15) is 18.3 Å². The highest BCUT2D eigenvalue weighted by Crippen LogP contribution is 2.67. The minimum absolute atomic E-state index is 0.108. The van der Waals surface area contributed by atoms with Crippen LogP contribution in [-0.4, -0.2) is 58.6 Å². The van der Waals surface area contributed by atoms with E-state index in [-0.39, 0.29) is 35.2 Å². The quantitative estimate of drug-likeness (QED) is 0.236. The summed E-state index contributed by atoms with van der Waals surface area (Å²) < 4.78 is 17.4. The van der Waals surface area contributed by atoms with E-state index in [0.29, 0.717) is 25.2 Å². The molecule has 2 N–H and O–H groups in total. The van der Waals surface area contributed by atoms with Crippen molar-refractivity contribution < 1.29 is 38.8 Å². The average Bonchev–Trinajstić information content (AvgIpc) is 3.18. The third-order valence-electron chi connectivity index (χ3n) is 11.3. The maximum atomic E-state index is 12.4. The number of carbonyl (C=O) groups excluding carboxylic acids is 3. The fourth-order valence-corrected chi connectivity index (χ4v) is 9.64. The molecule has 0 aliphatic heterocycles. The van der Waals surface area contributed by atoms with Gasteiger partial charge >= 0.3 is 17.9 Å². The van der Waals surface area contributed by atoms with E-state index >= 15 is 0 Å². The number of aliphatic hydroxyl groups excluding tert-OH is 2. The summed E-state index contributed by atoms with van der Waals surface area (Å²) in [5.41, 5.74) is 0.381. The van der Waals surface area contributed by atoms with Gasteiger partial charge in [-0.15, -0.1) is 0 Å². The Morgan fingerprint density at radius 2 is 1.56 bits per heavy atom. The second-order valence-electron chi connectivity index (χ2n) is 14.4. The van der Waals surface area contributed by atoms with Crippen molar-refractivity contribution in [2.45, 2.75) is 131 Å². The molecule has 12 atom stereocenters. The lowest BCUT2D eigenvalue weighted by Crippen LogP contribution is -2.64. The van der Waals surface area contributed by atoms with Crippen LogP contribution in [-0.2, 0) is 28.6 Å². The van der Waals surface area contributed by atoms with Crippen molar-refractivity contribution in [2.24, 2.45) is 46.3 Å². The Hall–Kier alpha value is -1.93. The topological polar surface area (TPSA) is 119 Å². The fourth-order valence-electron chi connectivity index (χ4n) is 9.64. The van der Waals surface area contributed by atoms with Gasteiger partial charge in [0, 0.05) is 32.6 Å². The molecule has 232 valence electrons. The number of hydrogen-bond donors (Lipinski definition) is 2. The summed E-state index contributed by atoms with van der Waals surface area (Å²) in [4.78, 5) is 36.6. The first-order valence-electron chi connectivity index (χ1n) is 15.7. The molecule has 0 amide bonds. The van der Waals surface area contributed by atoms with Gasteiger partial charge in [0.25, 0.3) is 0 Å². The highest BCUT2D eigenvalue weighted by molar-refractivity contribution is 5.68. The van der Waals surface area contributed by atoms with E-state index in [0.717, 1.165) is 31.3 Å². The largest absolute Gasteiger partial charge is 0.459 e. The van der Waals surface area contributed by atoms with Gasteiger partial charge in [-0.2, -0.15) is 0 Å². The molecule has 0 spiro atoms. The SMILES string of the molecule is CC(=O)O[C@H]1C=C2C([C@H](O)C[C@@]3(C)C2CC[C@@H]3[C@H](C)[C@H](O)CCC(C)C)[C@@]2(C)CC[C@H](OC(C)=O)[C@H](OC(C)=O)C12. The molecule has 3 fully saturated rings. The van der Waals surface area contributed by atoms with E-state index in [1.165, 1.54) is 20.8 Å². The first-order valence-corrected chi connectivity index (χ1v) is 15.7. The summed E-state index contributed by atoms with van der Waals surface area (Å²) in [6, 6.07) is 0. The predicted octanol–water partition coefficient (Wildman–Crippen LogP) is 4.98. The lowest BCUT2D eigenvalue weighted by atomic mass is 9.45. The van der Waals surface area contributed by atoms with E-state index in [1.54, 1.807) is 0 Å². The van der Waals surface area contributed by atoms with Gasteiger partial charge in [0.2, 0.25) is 0 Å².